The van der Waals surface area contributed by atoms with Crippen molar-refractivity contribution >= 4 is 6.88 Å². The van der Waals surface area contributed by atoms with Gasteiger partial charge in [-0.1, -0.05) is 27.7 Å². The van der Waals surface area contributed by atoms with E-state index in [1.165, 1.54) is 22.3 Å². The standard InChI is InChI=1S/2C7H9.2CH3.H2Si.Zr/c2*1-6-3-4-7(2)5-6;;;;/h2*5H,3H2,1-2H3;2*1H3;1H2;/q4*-1;;. The first-order chi connectivity index (χ1) is 7.58. The van der Waals surface area contributed by atoms with Crippen LogP contribution in [0.25, 0.3) is 0 Å². The van der Waals surface area contributed by atoms with E-state index < -0.39 is 0 Å². The van der Waals surface area contributed by atoms with Crippen LogP contribution in [0, 0.1) is 27.0 Å². The molecule has 0 aliphatic heterocycles. The van der Waals surface area contributed by atoms with Gasteiger partial charge in [0.2, 0.25) is 0 Å². The Morgan fingerprint density at radius 3 is 1.17 bits per heavy atom. The molecule has 0 unspecified atom stereocenters. The third kappa shape index (κ3) is 11.2. The molecule has 0 aromatic carbocycles. The minimum atomic E-state index is 0. The zero-order valence-corrected chi connectivity index (χ0v) is 16.6. The van der Waals surface area contributed by atoms with Crippen molar-refractivity contribution in [1.82, 2.24) is 0 Å². The Morgan fingerprint density at radius 2 is 1.11 bits per heavy atom. The molecular formula is C16H26SiZr-4. The van der Waals surface area contributed by atoms with Gasteiger partial charge in [0.05, 0.1) is 0 Å². The Kier molecular flexibility index (Phi) is 17.4. The van der Waals surface area contributed by atoms with E-state index in [1.807, 2.05) is 6.88 Å². The van der Waals surface area contributed by atoms with E-state index in [0.717, 1.165) is 12.8 Å². The fourth-order valence-corrected chi connectivity index (χ4v) is 1.50. The number of rotatable bonds is 0. The number of allylic oxidation sites excluding steroid dienone is 8. The SMILES string of the molecule is CC1=[C-]CC(C)=C1.CC1=[C-]CC(C)=C1.[CH3-].[CH3-].[SiH2]=[Zr]. The second-order valence-corrected chi connectivity index (χ2v) is 4.05. The van der Waals surface area contributed by atoms with Crippen molar-refractivity contribution < 1.29 is 23.3 Å². The summed E-state index contributed by atoms with van der Waals surface area (Å²) in [7, 11) is 0. The van der Waals surface area contributed by atoms with Crippen molar-refractivity contribution in [2.24, 2.45) is 0 Å². The van der Waals surface area contributed by atoms with E-state index in [1.54, 1.807) is 23.3 Å². The maximum absolute atomic E-state index is 3.19. The molecule has 0 aromatic rings. The molecule has 0 saturated heterocycles. The maximum atomic E-state index is 3.19. The van der Waals surface area contributed by atoms with Crippen molar-refractivity contribution in [1.29, 1.82) is 0 Å². The van der Waals surface area contributed by atoms with Crippen LogP contribution in [0.1, 0.15) is 40.5 Å². The van der Waals surface area contributed by atoms with E-state index in [2.05, 4.69) is 52.0 Å². The molecule has 2 rings (SSSR count). The summed E-state index contributed by atoms with van der Waals surface area (Å²) in [5.74, 6) is 0. The van der Waals surface area contributed by atoms with Crippen molar-refractivity contribution in [3.63, 3.8) is 0 Å². The summed E-state index contributed by atoms with van der Waals surface area (Å²) in [5, 5.41) is 0. The zero-order chi connectivity index (χ0) is 12.6. The van der Waals surface area contributed by atoms with Gasteiger partial charge in [-0.25, -0.2) is 23.3 Å². The fraction of sp³-hybridized carbons (Fsp3) is 0.375. The fourth-order valence-electron chi connectivity index (χ4n) is 1.50. The Hall–Kier alpha value is 0.0600. The second-order valence-electron chi connectivity index (χ2n) is 4.05. The Balaban J connectivity index is -0.000000200. The number of hydrogen-bond donors (Lipinski definition) is 0. The van der Waals surface area contributed by atoms with Crippen molar-refractivity contribution in [3.05, 3.63) is 61.4 Å². The first-order valence-corrected chi connectivity index (χ1v) is 11.3. The van der Waals surface area contributed by atoms with Crippen molar-refractivity contribution in [2.45, 2.75) is 40.5 Å². The van der Waals surface area contributed by atoms with Crippen LogP contribution < -0.4 is 0 Å². The molecule has 0 nitrogen and oxygen atoms in total. The third-order valence-corrected chi connectivity index (χ3v) is 2.22. The monoisotopic (exact) mass is 336 g/mol. The molecule has 0 bridgehead atoms. The molecule has 2 aliphatic carbocycles. The van der Waals surface area contributed by atoms with Gasteiger partial charge in [0.1, 0.15) is 0 Å². The van der Waals surface area contributed by atoms with Crippen LogP contribution in [0.3, 0.4) is 0 Å². The van der Waals surface area contributed by atoms with Crippen LogP contribution in [-0.4, -0.2) is 6.88 Å². The molecule has 0 fully saturated rings. The van der Waals surface area contributed by atoms with E-state index in [0.29, 0.717) is 0 Å². The summed E-state index contributed by atoms with van der Waals surface area (Å²) in [6.07, 6.45) is 12.8. The molecular weight excluding hydrogens is 311 g/mol. The van der Waals surface area contributed by atoms with Gasteiger partial charge in [-0.3, -0.25) is 12.2 Å². The predicted octanol–water partition coefficient (Wildman–Crippen LogP) is 4.15. The Bertz CT molecular complexity index is 312. The van der Waals surface area contributed by atoms with Crippen LogP contribution in [0.2, 0.25) is 0 Å². The molecule has 0 heterocycles. The predicted molar refractivity (Wildman–Crippen MR) is 83.0 cm³/mol. The first-order valence-electron chi connectivity index (χ1n) is 5.42. The average molecular weight is 338 g/mol. The van der Waals surface area contributed by atoms with Gasteiger partial charge in [0.25, 0.3) is 0 Å². The molecule has 2 heteroatoms. The molecule has 0 amide bonds. The minimum absolute atomic E-state index is 0. The van der Waals surface area contributed by atoms with E-state index in [9.17, 15) is 0 Å². The van der Waals surface area contributed by atoms with Crippen LogP contribution >= 0.6 is 0 Å². The van der Waals surface area contributed by atoms with Gasteiger partial charge in [0, 0.05) is 0 Å². The molecule has 0 aromatic heterocycles. The van der Waals surface area contributed by atoms with Gasteiger partial charge in [0.15, 0.2) is 0 Å². The molecule has 0 saturated carbocycles. The summed E-state index contributed by atoms with van der Waals surface area (Å²) in [4.78, 5) is 0. The molecule has 0 atom stereocenters. The second kappa shape index (κ2) is 13.5. The zero-order valence-electron chi connectivity index (χ0n) is 12.8. The normalized spacial score (nSPS) is 15.1. The van der Waals surface area contributed by atoms with Crippen molar-refractivity contribution in [3.8, 4) is 0 Å². The number of hydrogen-bond acceptors (Lipinski definition) is 0. The van der Waals surface area contributed by atoms with Gasteiger partial charge in [-0.2, -0.15) is 11.1 Å². The topological polar surface area (TPSA) is 0 Å². The van der Waals surface area contributed by atoms with Crippen molar-refractivity contribution in [2.75, 3.05) is 0 Å². The summed E-state index contributed by atoms with van der Waals surface area (Å²) < 4.78 is 0. The summed E-state index contributed by atoms with van der Waals surface area (Å²) in [5.41, 5.74) is 5.44. The molecule has 0 radical (unpaired) electrons. The Labute approximate surface area is 132 Å². The van der Waals surface area contributed by atoms with E-state index >= 15 is 0 Å². The molecule has 18 heavy (non-hydrogen) atoms. The van der Waals surface area contributed by atoms with Gasteiger partial charge in [-0.05, 0) is 0 Å². The summed E-state index contributed by atoms with van der Waals surface area (Å²) in [6.45, 7) is 10.4. The van der Waals surface area contributed by atoms with Gasteiger partial charge >= 0.3 is 30.2 Å². The molecule has 2 aliphatic rings. The van der Waals surface area contributed by atoms with Crippen LogP contribution in [0.15, 0.2) is 34.4 Å². The average Bonchev–Trinajstić information content (AvgIpc) is 2.80. The van der Waals surface area contributed by atoms with E-state index in [4.69, 9.17) is 0 Å². The first kappa shape index (κ1) is 23.2. The van der Waals surface area contributed by atoms with E-state index in [-0.39, 0.29) is 14.9 Å². The molecule has 0 N–H and O–H groups in total. The molecule has 0 spiro atoms. The van der Waals surface area contributed by atoms with Gasteiger partial charge in [-0.15, -0.1) is 12.8 Å². The van der Waals surface area contributed by atoms with Crippen LogP contribution in [-0.2, 0) is 23.3 Å². The Morgan fingerprint density at radius 1 is 0.833 bits per heavy atom. The quantitative estimate of drug-likeness (QED) is 0.460. The van der Waals surface area contributed by atoms with Crippen LogP contribution in [0.4, 0.5) is 0 Å². The summed E-state index contributed by atoms with van der Waals surface area (Å²) in [6, 6.07) is 0. The molecule has 102 valence electrons. The van der Waals surface area contributed by atoms with Crippen LogP contribution in [0.5, 0.6) is 0 Å². The summed E-state index contributed by atoms with van der Waals surface area (Å²) >= 11 is 1.58. The third-order valence-electron chi connectivity index (χ3n) is 2.22. The van der Waals surface area contributed by atoms with Gasteiger partial charge < -0.3 is 14.9 Å².